The fraction of sp³-hybridized carbons (Fsp3) is 0.520. The second-order valence-electron chi connectivity index (χ2n) is 8.40. The molecule has 1 aromatic heterocycles. The van der Waals surface area contributed by atoms with Gasteiger partial charge in [-0.15, -0.1) is 5.92 Å². The van der Waals surface area contributed by atoms with Crippen molar-refractivity contribution in [1.29, 1.82) is 0 Å². The third-order valence-corrected chi connectivity index (χ3v) is 6.08. The van der Waals surface area contributed by atoms with Crippen LogP contribution in [0.1, 0.15) is 91.2 Å². The van der Waals surface area contributed by atoms with Gasteiger partial charge in [0.05, 0.1) is 12.6 Å². The van der Waals surface area contributed by atoms with E-state index in [9.17, 15) is 4.79 Å². The van der Waals surface area contributed by atoms with E-state index in [0.29, 0.717) is 30.7 Å². The van der Waals surface area contributed by atoms with Crippen LogP contribution in [-0.4, -0.2) is 17.7 Å². The molecule has 1 atom stereocenters. The molecular formula is C25H30N2O3. The molecule has 0 radical (unpaired) electrons. The molecule has 4 rings (SSSR count). The van der Waals surface area contributed by atoms with Gasteiger partial charge in [-0.05, 0) is 49.7 Å². The first-order chi connectivity index (χ1) is 14.7. The molecular weight excluding hydrogens is 376 g/mol. The Morgan fingerprint density at radius 3 is 2.83 bits per heavy atom. The molecule has 2 aliphatic rings. The molecule has 158 valence electrons. The average Bonchev–Trinajstić information content (AvgIpc) is 3.52. The molecule has 1 heterocycles. The maximum absolute atomic E-state index is 13.0. The Morgan fingerprint density at radius 2 is 2.07 bits per heavy atom. The summed E-state index contributed by atoms with van der Waals surface area (Å²) >= 11 is 0. The zero-order chi connectivity index (χ0) is 20.8. The number of ether oxygens (including phenoxy) is 1. The molecule has 2 saturated carbocycles. The lowest BCUT2D eigenvalue weighted by Gasteiger charge is -2.31. The van der Waals surface area contributed by atoms with E-state index in [1.54, 1.807) is 0 Å². The Bertz CT molecular complexity index is 914. The zero-order valence-electron chi connectivity index (χ0n) is 17.7. The third kappa shape index (κ3) is 5.31. The summed E-state index contributed by atoms with van der Waals surface area (Å²) in [6, 6.07) is 10.1. The highest BCUT2D eigenvalue weighted by molar-refractivity contribution is 5.92. The first-order valence-corrected chi connectivity index (χ1v) is 11.1. The van der Waals surface area contributed by atoms with Crippen LogP contribution in [-0.2, 0) is 11.3 Å². The molecule has 2 fully saturated rings. The van der Waals surface area contributed by atoms with Gasteiger partial charge in [0.15, 0.2) is 5.69 Å². The number of hydrogen-bond acceptors (Lipinski definition) is 4. The normalized spacial score (nSPS) is 17.8. The molecule has 2 aliphatic carbocycles. The summed E-state index contributed by atoms with van der Waals surface area (Å²) in [7, 11) is 0. The van der Waals surface area contributed by atoms with Crippen molar-refractivity contribution in [3.05, 3.63) is 52.9 Å². The van der Waals surface area contributed by atoms with E-state index in [1.165, 1.54) is 19.3 Å². The number of benzene rings is 1. The lowest BCUT2D eigenvalue weighted by molar-refractivity contribution is 0.0903. The van der Waals surface area contributed by atoms with Crippen molar-refractivity contribution in [2.75, 3.05) is 6.61 Å². The Balaban J connectivity index is 1.50. The first kappa shape index (κ1) is 20.7. The van der Waals surface area contributed by atoms with Crippen LogP contribution in [0.15, 0.2) is 34.9 Å². The van der Waals surface area contributed by atoms with E-state index in [1.807, 2.05) is 19.1 Å². The van der Waals surface area contributed by atoms with Crippen LogP contribution < -0.4 is 5.32 Å². The molecule has 0 bridgehead atoms. The van der Waals surface area contributed by atoms with Crippen molar-refractivity contribution >= 4 is 5.91 Å². The Hall–Kier alpha value is -2.58. The SMILES string of the molecule is CC#CCOCc1cccc(C(NC(=O)c2cc(C3CC3)on2)C2CCCCC2)c1. The van der Waals surface area contributed by atoms with Gasteiger partial charge >= 0.3 is 0 Å². The van der Waals surface area contributed by atoms with Crippen LogP contribution in [0.3, 0.4) is 0 Å². The van der Waals surface area contributed by atoms with Gasteiger partial charge in [-0.2, -0.15) is 0 Å². The molecule has 1 aromatic carbocycles. The maximum Gasteiger partial charge on any atom is 0.273 e. The lowest BCUT2D eigenvalue weighted by atomic mass is 9.80. The van der Waals surface area contributed by atoms with Gasteiger partial charge in [0.1, 0.15) is 12.4 Å². The Labute approximate surface area is 178 Å². The Morgan fingerprint density at radius 1 is 1.23 bits per heavy atom. The second kappa shape index (κ2) is 9.95. The van der Waals surface area contributed by atoms with Crippen molar-refractivity contribution in [3.8, 4) is 11.8 Å². The smallest absolute Gasteiger partial charge is 0.273 e. The fourth-order valence-corrected chi connectivity index (χ4v) is 4.28. The summed E-state index contributed by atoms with van der Waals surface area (Å²) in [5.74, 6) is 7.32. The molecule has 30 heavy (non-hydrogen) atoms. The molecule has 1 N–H and O–H groups in total. The van der Waals surface area contributed by atoms with Crippen LogP contribution in [0.5, 0.6) is 0 Å². The van der Waals surface area contributed by atoms with E-state index in [2.05, 4.69) is 40.5 Å². The standard InChI is InChI=1S/C25H30N2O3/c1-2-3-14-29-17-18-8-7-11-21(15-18)24(20-9-5-4-6-10-20)26-25(28)22-16-23(30-27-22)19-12-13-19/h7-8,11,15-16,19-20,24H,4-6,9-10,12-14,17H2,1H3,(H,26,28). The largest absolute Gasteiger partial charge is 0.364 e. The molecule has 1 amide bonds. The number of carbonyl (C=O) groups is 1. The topological polar surface area (TPSA) is 64.4 Å². The lowest BCUT2D eigenvalue weighted by Crippen LogP contribution is -2.34. The number of aromatic nitrogens is 1. The molecule has 0 aliphatic heterocycles. The first-order valence-electron chi connectivity index (χ1n) is 11.1. The van der Waals surface area contributed by atoms with Gasteiger partial charge in [-0.25, -0.2) is 0 Å². The number of nitrogens with one attached hydrogen (secondary N) is 1. The molecule has 1 unspecified atom stereocenters. The molecule has 5 heteroatoms. The summed E-state index contributed by atoms with van der Waals surface area (Å²) in [6.45, 7) is 2.75. The van der Waals surface area contributed by atoms with Crippen LogP contribution in [0.4, 0.5) is 0 Å². The van der Waals surface area contributed by atoms with E-state index >= 15 is 0 Å². The predicted octanol–water partition coefficient (Wildman–Crippen LogP) is 5.14. The van der Waals surface area contributed by atoms with E-state index in [-0.39, 0.29) is 11.9 Å². The number of hydrogen-bond donors (Lipinski definition) is 1. The minimum atomic E-state index is -0.152. The Kier molecular flexibility index (Phi) is 6.86. The van der Waals surface area contributed by atoms with Gasteiger partial charge in [0.25, 0.3) is 5.91 Å². The van der Waals surface area contributed by atoms with Crippen LogP contribution in [0.2, 0.25) is 0 Å². The minimum Gasteiger partial charge on any atom is -0.364 e. The summed E-state index contributed by atoms with van der Waals surface area (Å²) in [6.07, 6.45) is 8.21. The minimum absolute atomic E-state index is 0.0331. The average molecular weight is 407 g/mol. The fourth-order valence-electron chi connectivity index (χ4n) is 4.28. The van der Waals surface area contributed by atoms with Gasteiger partial charge in [0.2, 0.25) is 0 Å². The summed E-state index contributed by atoms with van der Waals surface area (Å²) < 4.78 is 11.0. The highest BCUT2D eigenvalue weighted by Gasteiger charge is 2.31. The maximum atomic E-state index is 13.0. The van der Waals surface area contributed by atoms with Crippen molar-refractivity contribution < 1.29 is 14.1 Å². The van der Waals surface area contributed by atoms with Gasteiger partial charge in [-0.1, -0.05) is 54.6 Å². The summed E-state index contributed by atoms with van der Waals surface area (Å²) in [5.41, 5.74) is 2.61. The van der Waals surface area contributed by atoms with Crippen molar-refractivity contribution in [2.24, 2.45) is 5.92 Å². The highest BCUT2D eigenvalue weighted by Crippen LogP contribution is 2.40. The van der Waals surface area contributed by atoms with Crippen molar-refractivity contribution in [2.45, 2.75) is 70.4 Å². The highest BCUT2D eigenvalue weighted by atomic mass is 16.5. The van der Waals surface area contributed by atoms with Crippen LogP contribution >= 0.6 is 0 Å². The van der Waals surface area contributed by atoms with Gasteiger partial charge in [0, 0.05) is 12.0 Å². The molecule has 5 nitrogen and oxygen atoms in total. The molecule has 0 saturated heterocycles. The number of carbonyl (C=O) groups excluding carboxylic acids is 1. The molecule has 0 spiro atoms. The summed E-state index contributed by atoms with van der Waals surface area (Å²) in [5, 5.41) is 7.30. The third-order valence-electron chi connectivity index (χ3n) is 6.08. The van der Waals surface area contributed by atoms with Crippen LogP contribution in [0.25, 0.3) is 0 Å². The zero-order valence-corrected chi connectivity index (χ0v) is 17.7. The van der Waals surface area contributed by atoms with Gasteiger partial charge < -0.3 is 14.6 Å². The number of nitrogens with zero attached hydrogens (tertiary/aromatic N) is 1. The molecule has 2 aromatic rings. The van der Waals surface area contributed by atoms with E-state index < -0.39 is 0 Å². The summed E-state index contributed by atoms with van der Waals surface area (Å²) in [4.78, 5) is 13.0. The second-order valence-corrected chi connectivity index (χ2v) is 8.40. The monoisotopic (exact) mass is 406 g/mol. The number of amides is 1. The van der Waals surface area contributed by atoms with Crippen molar-refractivity contribution in [3.63, 3.8) is 0 Å². The quantitative estimate of drug-likeness (QED) is 0.487. The van der Waals surface area contributed by atoms with Gasteiger partial charge in [-0.3, -0.25) is 4.79 Å². The number of rotatable bonds is 8. The van der Waals surface area contributed by atoms with Crippen molar-refractivity contribution in [1.82, 2.24) is 10.5 Å². The van der Waals surface area contributed by atoms with E-state index in [4.69, 9.17) is 9.26 Å². The van der Waals surface area contributed by atoms with Crippen LogP contribution in [0, 0.1) is 17.8 Å². The van der Waals surface area contributed by atoms with E-state index in [0.717, 1.165) is 42.6 Å². The predicted molar refractivity (Wildman–Crippen MR) is 115 cm³/mol.